The van der Waals surface area contributed by atoms with E-state index in [4.69, 9.17) is 15.0 Å². The molecule has 11 heteroatoms. The van der Waals surface area contributed by atoms with Crippen LogP contribution in [0.5, 0.6) is 0 Å². The lowest BCUT2D eigenvalue weighted by Crippen LogP contribution is -2.05. The Bertz CT molecular complexity index is 2950. The number of para-hydroxylation sites is 1. The summed E-state index contributed by atoms with van der Waals surface area (Å²) in [6.45, 7) is 0. The van der Waals surface area contributed by atoms with Gasteiger partial charge in [0.25, 0.3) is 0 Å². The second-order valence-corrected chi connectivity index (χ2v) is 11.9. The molecule has 0 aliphatic carbocycles. The van der Waals surface area contributed by atoms with Crippen molar-refractivity contribution in [3.05, 3.63) is 149 Å². The molecule has 0 atom stereocenters. The molecular formula is C42H17F5N6. The van der Waals surface area contributed by atoms with Crippen molar-refractivity contribution in [3.8, 4) is 63.1 Å². The predicted molar refractivity (Wildman–Crippen MR) is 188 cm³/mol. The number of nitrogens with zero attached hydrogens (tertiary/aromatic N) is 6. The molecule has 6 nitrogen and oxygen atoms in total. The first-order valence-corrected chi connectivity index (χ1v) is 15.8. The number of aromatic nitrogens is 3. The molecule has 0 saturated heterocycles. The van der Waals surface area contributed by atoms with Crippen LogP contribution in [-0.2, 0) is 0 Å². The SMILES string of the molecule is N#Cc1ccc(-c2nc3c(C#N)cc4c(-c5ccccc5-c5c(F)c(F)c(F)c(F)c5F)nc5ccccc5c4c3nc2-c2ccc(C#N)cc2)cc1. The lowest BCUT2D eigenvalue weighted by Gasteiger charge is -2.18. The summed E-state index contributed by atoms with van der Waals surface area (Å²) in [5.74, 6) is -10.5. The van der Waals surface area contributed by atoms with E-state index in [0.29, 0.717) is 55.3 Å². The minimum atomic E-state index is -2.28. The van der Waals surface area contributed by atoms with Gasteiger partial charge in [-0.15, -0.1) is 0 Å². The monoisotopic (exact) mass is 700 g/mol. The summed E-state index contributed by atoms with van der Waals surface area (Å²) in [4.78, 5) is 15.0. The van der Waals surface area contributed by atoms with Crippen LogP contribution in [0.25, 0.3) is 77.6 Å². The fraction of sp³-hybridized carbons (Fsp3) is 0. The molecule has 0 aliphatic heterocycles. The Balaban J connectivity index is 1.52. The smallest absolute Gasteiger partial charge is 0.200 e. The van der Waals surface area contributed by atoms with E-state index < -0.39 is 34.6 Å². The minimum Gasteiger partial charge on any atom is -0.247 e. The van der Waals surface area contributed by atoms with Gasteiger partial charge in [-0.3, -0.25) is 0 Å². The molecule has 8 aromatic rings. The number of nitriles is 3. The highest BCUT2D eigenvalue weighted by Gasteiger charge is 2.29. The maximum absolute atomic E-state index is 15.3. The lowest BCUT2D eigenvalue weighted by atomic mass is 9.91. The first kappa shape index (κ1) is 32.6. The van der Waals surface area contributed by atoms with E-state index in [-0.39, 0.29) is 33.4 Å². The number of rotatable bonds is 4. The maximum Gasteiger partial charge on any atom is 0.200 e. The van der Waals surface area contributed by atoms with E-state index in [9.17, 15) is 29.0 Å². The Labute approximate surface area is 296 Å². The number of fused-ring (bicyclic) bond motifs is 5. The van der Waals surface area contributed by atoms with Crippen molar-refractivity contribution in [3.63, 3.8) is 0 Å². The lowest BCUT2D eigenvalue weighted by molar-refractivity contribution is 0.381. The molecule has 0 saturated carbocycles. The molecule has 0 N–H and O–H groups in total. The normalized spacial score (nSPS) is 11.1. The number of benzene rings is 6. The molecule has 250 valence electrons. The summed E-state index contributed by atoms with van der Waals surface area (Å²) in [5.41, 5.74) is 2.42. The van der Waals surface area contributed by atoms with Crippen LogP contribution in [-0.4, -0.2) is 15.0 Å². The van der Waals surface area contributed by atoms with E-state index in [1.807, 2.05) is 0 Å². The minimum absolute atomic E-state index is 0.0316. The first-order valence-electron chi connectivity index (χ1n) is 15.8. The van der Waals surface area contributed by atoms with Gasteiger partial charge in [0.2, 0.25) is 5.82 Å². The molecule has 0 fully saturated rings. The van der Waals surface area contributed by atoms with Gasteiger partial charge in [0.1, 0.15) is 11.6 Å². The highest BCUT2D eigenvalue weighted by Crippen LogP contribution is 2.44. The van der Waals surface area contributed by atoms with Gasteiger partial charge >= 0.3 is 0 Å². The Hall–Kier alpha value is -7.55. The Kier molecular flexibility index (Phi) is 7.79. The van der Waals surface area contributed by atoms with Crippen LogP contribution < -0.4 is 0 Å². The van der Waals surface area contributed by atoms with Crippen molar-refractivity contribution >= 4 is 32.7 Å². The quantitative estimate of drug-likeness (QED) is 0.0782. The van der Waals surface area contributed by atoms with Crippen LogP contribution in [0.1, 0.15) is 16.7 Å². The Morgan fingerprint density at radius 3 is 1.53 bits per heavy atom. The van der Waals surface area contributed by atoms with E-state index in [1.54, 1.807) is 72.8 Å². The fourth-order valence-electron chi connectivity index (χ4n) is 6.48. The topological polar surface area (TPSA) is 110 Å². The molecule has 6 aromatic carbocycles. The van der Waals surface area contributed by atoms with Gasteiger partial charge in [-0.1, -0.05) is 66.7 Å². The molecule has 2 heterocycles. The van der Waals surface area contributed by atoms with Crippen LogP contribution >= 0.6 is 0 Å². The van der Waals surface area contributed by atoms with Gasteiger partial charge in [-0.05, 0) is 42.0 Å². The standard InChI is InChI=1S/C42H17F5N6/c43-33-32(34(44)36(46)37(47)35(33)45)26-5-1-2-6-27(26)41-29-17-25(20-50)40-42(31(29)28-7-3-4-8-30(28)51-41)53-39(24-15-11-22(19-49)12-16-24)38(52-40)23-13-9-21(18-48)10-14-23/h1-17H. The molecule has 0 unspecified atom stereocenters. The number of pyridine rings is 1. The van der Waals surface area contributed by atoms with E-state index in [1.165, 1.54) is 30.3 Å². The number of hydrogen-bond acceptors (Lipinski definition) is 6. The Morgan fingerprint density at radius 2 is 0.962 bits per heavy atom. The van der Waals surface area contributed by atoms with Crippen LogP contribution in [0.2, 0.25) is 0 Å². The van der Waals surface area contributed by atoms with Crippen molar-refractivity contribution in [1.29, 1.82) is 15.8 Å². The van der Waals surface area contributed by atoms with Gasteiger partial charge in [-0.25, -0.2) is 36.9 Å². The average Bonchev–Trinajstić information content (AvgIpc) is 3.21. The zero-order valence-electron chi connectivity index (χ0n) is 26.9. The van der Waals surface area contributed by atoms with Crippen molar-refractivity contribution in [2.75, 3.05) is 0 Å². The van der Waals surface area contributed by atoms with E-state index in [2.05, 4.69) is 18.2 Å². The third kappa shape index (κ3) is 5.17. The second kappa shape index (κ2) is 12.6. The number of halogens is 5. The van der Waals surface area contributed by atoms with Crippen LogP contribution in [0.15, 0.2) is 103 Å². The molecule has 0 bridgehead atoms. The van der Waals surface area contributed by atoms with Crippen molar-refractivity contribution < 1.29 is 22.0 Å². The predicted octanol–water partition coefficient (Wildman–Crippen LogP) is 10.3. The summed E-state index contributed by atoms with van der Waals surface area (Å²) in [7, 11) is 0. The molecule has 0 aliphatic rings. The zero-order chi connectivity index (χ0) is 37.0. The van der Waals surface area contributed by atoms with Gasteiger partial charge in [0, 0.05) is 32.8 Å². The van der Waals surface area contributed by atoms with Crippen molar-refractivity contribution in [2.24, 2.45) is 0 Å². The summed E-state index contributed by atoms with van der Waals surface area (Å²) < 4.78 is 73.8. The van der Waals surface area contributed by atoms with Gasteiger partial charge in [0.05, 0.1) is 62.5 Å². The van der Waals surface area contributed by atoms with Gasteiger partial charge < -0.3 is 0 Å². The first-order chi connectivity index (χ1) is 25.7. The van der Waals surface area contributed by atoms with E-state index >= 15 is 8.78 Å². The highest BCUT2D eigenvalue weighted by molar-refractivity contribution is 6.22. The average molecular weight is 701 g/mol. The van der Waals surface area contributed by atoms with E-state index in [0.717, 1.165) is 0 Å². The molecule has 2 aromatic heterocycles. The van der Waals surface area contributed by atoms with Crippen LogP contribution in [0.4, 0.5) is 22.0 Å². The maximum atomic E-state index is 15.3. The van der Waals surface area contributed by atoms with Crippen molar-refractivity contribution in [1.82, 2.24) is 15.0 Å². The molecular weight excluding hydrogens is 683 g/mol. The second-order valence-electron chi connectivity index (χ2n) is 11.9. The third-order valence-electron chi connectivity index (χ3n) is 8.96. The molecule has 53 heavy (non-hydrogen) atoms. The van der Waals surface area contributed by atoms with Crippen molar-refractivity contribution in [2.45, 2.75) is 0 Å². The highest BCUT2D eigenvalue weighted by atomic mass is 19.2. The fourth-order valence-corrected chi connectivity index (χ4v) is 6.48. The summed E-state index contributed by atoms with van der Waals surface area (Å²) in [5, 5.41) is 30.7. The molecule has 0 amide bonds. The Morgan fingerprint density at radius 1 is 0.453 bits per heavy atom. The summed E-state index contributed by atoms with van der Waals surface area (Å²) in [6.07, 6.45) is 0. The molecule has 0 radical (unpaired) electrons. The zero-order valence-corrected chi connectivity index (χ0v) is 26.9. The van der Waals surface area contributed by atoms with Gasteiger partial charge in [0.15, 0.2) is 23.3 Å². The molecule has 8 rings (SSSR count). The summed E-state index contributed by atoms with van der Waals surface area (Å²) in [6, 6.07) is 33.8. The number of hydrogen-bond donors (Lipinski definition) is 0. The molecule has 0 spiro atoms. The third-order valence-corrected chi connectivity index (χ3v) is 8.96. The summed E-state index contributed by atoms with van der Waals surface area (Å²) >= 11 is 0. The largest absolute Gasteiger partial charge is 0.247 e. The van der Waals surface area contributed by atoms with Crippen LogP contribution in [0, 0.1) is 63.1 Å². The van der Waals surface area contributed by atoms with Gasteiger partial charge in [-0.2, -0.15) is 15.8 Å². The van der Waals surface area contributed by atoms with Crippen LogP contribution in [0.3, 0.4) is 0 Å².